The van der Waals surface area contributed by atoms with Gasteiger partial charge in [0.2, 0.25) is 0 Å². The second-order valence-corrected chi connectivity index (χ2v) is 14.7. The summed E-state index contributed by atoms with van der Waals surface area (Å²) in [5.74, 6) is -2.60. The molecule has 0 aliphatic heterocycles. The van der Waals surface area contributed by atoms with Crippen molar-refractivity contribution in [3.8, 4) is 0 Å². The molecule has 1 unspecified atom stereocenters. The van der Waals surface area contributed by atoms with E-state index in [4.69, 9.17) is 0 Å². The van der Waals surface area contributed by atoms with E-state index in [1.165, 1.54) is 20.8 Å². The summed E-state index contributed by atoms with van der Waals surface area (Å²) in [6.07, 6.45) is -1.12. The van der Waals surface area contributed by atoms with Gasteiger partial charge in [0.1, 0.15) is 17.5 Å². The van der Waals surface area contributed by atoms with Crippen molar-refractivity contribution in [2.24, 2.45) is 39.4 Å². The summed E-state index contributed by atoms with van der Waals surface area (Å²) in [6.45, 7) is 13.6. The number of carbonyl (C=O) groups excluding carboxylic acids is 3. The summed E-state index contributed by atoms with van der Waals surface area (Å²) < 4.78 is 0. The summed E-state index contributed by atoms with van der Waals surface area (Å²) in [5, 5.41) is 54.2. The fraction of sp³-hybridized carbons (Fsp3) is 0.833. The van der Waals surface area contributed by atoms with Gasteiger partial charge in [-0.2, -0.15) is 0 Å². The van der Waals surface area contributed by atoms with Crippen LogP contribution in [0.4, 0.5) is 0 Å². The van der Waals surface area contributed by atoms with Crippen molar-refractivity contribution in [2.75, 3.05) is 0 Å². The predicted octanol–water partition coefficient (Wildman–Crippen LogP) is 2.12. The molecule has 3 saturated carbocycles. The van der Waals surface area contributed by atoms with E-state index in [1.54, 1.807) is 0 Å². The number of ketones is 3. The van der Waals surface area contributed by atoms with Crippen LogP contribution >= 0.6 is 0 Å². The average Bonchev–Trinajstić information content (AvgIpc) is 2.97. The maximum absolute atomic E-state index is 14.2. The van der Waals surface area contributed by atoms with Crippen molar-refractivity contribution in [1.82, 2.24) is 0 Å². The molecule has 214 valence electrons. The molecule has 0 aromatic rings. The first-order valence-corrected chi connectivity index (χ1v) is 13.9. The molecule has 10 atom stereocenters. The quantitative estimate of drug-likeness (QED) is 0.336. The molecule has 0 aromatic carbocycles. The lowest BCUT2D eigenvalue weighted by molar-refractivity contribution is -0.185. The van der Waals surface area contributed by atoms with Crippen molar-refractivity contribution >= 4 is 17.3 Å². The first-order chi connectivity index (χ1) is 17.1. The van der Waals surface area contributed by atoms with Gasteiger partial charge in [0.15, 0.2) is 11.6 Å². The summed E-state index contributed by atoms with van der Waals surface area (Å²) in [6, 6.07) is 0. The SMILES string of the molecule is CC(C)(O)C(O)CC(=O)[C@](C)(O)[C@H]1[C@H](O)C[C@@]2(C)[C@@H]3CC=C4[C@@H](CC(=O)[C@@H](O)C4(C)C)[C@]3(C)C(=O)C[C@]12C. The number of aliphatic hydroxyl groups excluding tert-OH is 3. The van der Waals surface area contributed by atoms with Crippen LogP contribution in [0.2, 0.25) is 0 Å². The van der Waals surface area contributed by atoms with Crippen LogP contribution in [-0.4, -0.2) is 72.4 Å². The highest BCUT2D eigenvalue weighted by Crippen LogP contribution is 2.74. The van der Waals surface area contributed by atoms with Crippen molar-refractivity contribution < 1.29 is 39.9 Å². The maximum atomic E-state index is 14.2. The average molecular weight is 535 g/mol. The van der Waals surface area contributed by atoms with Crippen molar-refractivity contribution in [3.63, 3.8) is 0 Å². The number of allylic oxidation sites excluding steroid dienone is 1. The second-order valence-electron chi connectivity index (χ2n) is 14.7. The lowest BCUT2D eigenvalue weighted by Gasteiger charge is -2.64. The molecule has 4 aliphatic carbocycles. The van der Waals surface area contributed by atoms with E-state index >= 15 is 0 Å². The van der Waals surface area contributed by atoms with Crippen LogP contribution in [0.3, 0.4) is 0 Å². The van der Waals surface area contributed by atoms with Gasteiger partial charge in [0.25, 0.3) is 0 Å². The summed E-state index contributed by atoms with van der Waals surface area (Å²) in [4.78, 5) is 40.5. The van der Waals surface area contributed by atoms with E-state index < -0.39 is 69.3 Å². The van der Waals surface area contributed by atoms with E-state index in [0.29, 0.717) is 6.42 Å². The number of hydrogen-bond donors (Lipinski definition) is 5. The number of hydrogen-bond acceptors (Lipinski definition) is 8. The minimum Gasteiger partial charge on any atom is -0.393 e. The topological polar surface area (TPSA) is 152 Å². The summed E-state index contributed by atoms with van der Waals surface area (Å²) >= 11 is 0. The third-order valence-corrected chi connectivity index (χ3v) is 11.8. The highest BCUT2D eigenvalue weighted by molar-refractivity contribution is 5.93. The van der Waals surface area contributed by atoms with E-state index in [2.05, 4.69) is 6.08 Å². The van der Waals surface area contributed by atoms with Crippen LogP contribution in [0.15, 0.2) is 11.6 Å². The molecular formula is C30H46O8. The van der Waals surface area contributed by atoms with Crippen molar-refractivity contribution in [3.05, 3.63) is 11.6 Å². The summed E-state index contributed by atoms with van der Waals surface area (Å²) in [7, 11) is 0. The van der Waals surface area contributed by atoms with Gasteiger partial charge in [-0.1, -0.05) is 46.3 Å². The van der Waals surface area contributed by atoms with E-state index in [0.717, 1.165) is 5.57 Å². The van der Waals surface area contributed by atoms with Gasteiger partial charge < -0.3 is 25.5 Å². The summed E-state index contributed by atoms with van der Waals surface area (Å²) in [5.41, 5.74) is -5.93. The zero-order valence-electron chi connectivity index (χ0n) is 24.0. The monoisotopic (exact) mass is 534 g/mol. The molecule has 4 aliphatic rings. The minimum atomic E-state index is -2.05. The van der Waals surface area contributed by atoms with Gasteiger partial charge in [-0.05, 0) is 56.3 Å². The Kier molecular flexibility index (Phi) is 6.63. The Bertz CT molecular complexity index is 1080. The molecule has 8 heteroatoms. The van der Waals surface area contributed by atoms with Gasteiger partial charge in [-0.15, -0.1) is 0 Å². The van der Waals surface area contributed by atoms with E-state index in [-0.39, 0.29) is 42.7 Å². The number of Topliss-reactive ketones (excluding diaryl/α,β-unsaturated/α-hetero) is 3. The first kappa shape index (κ1) is 29.5. The molecule has 0 spiro atoms. The lowest BCUT2D eigenvalue weighted by Crippen LogP contribution is -2.65. The molecule has 0 bridgehead atoms. The fourth-order valence-corrected chi connectivity index (χ4v) is 9.16. The van der Waals surface area contributed by atoms with Crippen LogP contribution in [-0.2, 0) is 14.4 Å². The number of aliphatic hydroxyl groups is 5. The maximum Gasteiger partial charge on any atom is 0.167 e. The zero-order valence-corrected chi connectivity index (χ0v) is 24.0. The molecule has 5 N–H and O–H groups in total. The standard InChI is InChI=1S/C30H46O8/c1-25(2)15-9-10-19-27(5)13-18(32)23(30(8,38)21(34)12-20(33)26(3,4)37)28(27,6)14-22(35)29(19,7)16(15)11-17(31)24(25)36/h9,16,18-20,23-24,32-33,36-38H,10-14H2,1-8H3/t16-,18-,19+,20?,23+,24-,27+,28-,29+,30+/m1/s1. The van der Waals surface area contributed by atoms with Gasteiger partial charge in [0, 0.05) is 36.0 Å². The van der Waals surface area contributed by atoms with Gasteiger partial charge in [-0.25, -0.2) is 0 Å². The Balaban J connectivity index is 1.77. The number of carbonyl (C=O) groups is 3. The smallest absolute Gasteiger partial charge is 0.167 e. The second kappa shape index (κ2) is 8.53. The number of fused-ring (bicyclic) bond motifs is 5. The van der Waals surface area contributed by atoms with Gasteiger partial charge >= 0.3 is 0 Å². The Morgan fingerprint density at radius 1 is 1.05 bits per heavy atom. The Labute approximate surface area is 225 Å². The molecule has 8 nitrogen and oxygen atoms in total. The largest absolute Gasteiger partial charge is 0.393 e. The Morgan fingerprint density at radius 2 is 1.63 bits per heavy atom. The minimum absolute atomic E-state index is 0.0245. The molecule has 4 rings (SSSR count). The van der Waals surface area contributed by atoms with E-state index in [1.807, 2.05) is 34.6 Å². The van der Waals surface area contributed by atoms with Crippen LogP contribution in [0, 0.1) is 39.4 Å². The Hall–Kier alpha value is -1.45. The van der Waals surface area contributed by atoms with Crippen molar-refractivity contribution in [2.45, 2.75) is 117 Å². The van der Waals surface area contributed by atoms with Crippen LogP contribution in [0.25, 0.3) is 0 Å². The molecule has 0 saturated heterocycles. The zero-order chi connectivity index (χ0) is 29.0. The number of rotatable bonds is 5. The highest BCUT2D eigenvalue weighted by Gasteiger charge is 2.74. The van der Waals surface area contributed by atoms with Gasteiger partial charge in [-0.3, -0.25) is 14.4 Å². The molecular weight excluding hydrogens is 488 g/mol. The van der Waals surface area contributed by atoms with Gasteiger partial charge in [0.05, 0.1) is 17.8 Å². The van der Waals surface area contributed by atoms with Crippen LogP contribution in [0.5, 0.6) is 0 Å². The fourth-order valence-electron chi connectivity index (χ4n) is 9.16. The normalized spacial score (nSPS) is 44.9. The first-order valence-electron chi connectivity index (χ1n) is 13.9. The molecule has 3 fully saturated rings. The molecule has 0 radical (unpaired) electrons. The van der Waals surface area contributed by atoms with E-state index in [9.17, 15) is 39.9 Å². The van der Waals surface area contributed by atoms with Crippen LogP contribution in [0.1, 0.15) is 87.5 Å². The third-order valence-electron chi connectivity index (χ3n) is 11.8. The molecule has 38 heavy (non-hydrogen) atoms. The third kappa shape index (κ3) is 3.70. The lowest BCUT2D eigenvalue weighted by atomic mass is 9.38. The predicted molar refractivity (Wildman–Crippen MR) is 140 cm³/mol. The Morgan fingerprint density at radius 3 is 2.18 bits per heavy atom. The van der Waals surface area contributed by atoms with Crippen LogP contribution < -0.4 is 0 Å². The molecule has 0 aromatic heterocycles. The molecule has 0 heterocycles. The molecule has 0 amide bonds. The highest BCUT2D eigenvalue weighted by atomic mass is 16.3. The van der Waals surface area contributed by atoms with Crippen molar-refractivity contribution in [1.29, 1.82) is 0 Å².